The van der Waals surface area contributed by atoms with Crippen LogP contribution in [0.1, 0.15) is 5.56 Å². The molecule has 1 aromatic carbocycles. The summed E-state index contributed by atoms with van der Waals surface area (Å²) in [6.07, 6.45) is 1.79. The molecule has 19 heavy (non-hydrogen) atoms. The lowest BCUT2D eigenvalue weighted by Crippen LogP contribution is -1.98. The van der Waals surface area contributed by atoms with E-state index in [1.165, 1.54) is 0 Å². The summed E-state index contributed by atoms with van der Waals surface area (Å²) in [5.74, 6) is 2.41. The Morgan fingerprint density at radius 3 is 2.68 bits per heavy atom. The molecule has 0 saturated carbocycles. The number of anilines is 1. The predicted molar refractivity (Wildman–Crippen MR) is 78.8 cm³/mol. The molecule has 2 rings (SSSR count). The number of nitrogens with zero attached hydrogens (tertiary/aromatic N) is 1. The normalized spacial score (nSPS) is 10.1. The van der Waals surface area contributed by atoms with Gasteiger partial charge in [-0.15, -0.1) is 0 Å². The second kappa shape index (κ2) is 6.43. The topological polar surface area (TPSA) is 43.4 Å². The molecular formula is C14H15BrN2O2. The molecule has 1 N–H and O–H groups in total. The van der Waals surface area contributed by atoms with Crippen LogP contribution in [0, 0.1) is 0 Å². The van der Waals surface area contributed by atoms with Crippen LogP contribution in [-0.2, 0) is 6.61 Å². The van der Waals surface area contributed by atoms with Gasteiger partial charge in [0.05, 0.1) is 11.6 Å². The van der Waals surface area contributed by atoms with Gasteiger partial charge in [-0.1, -0.05) is 6.07 Å². The number of nitrogens with one attached hydrogen (secondary N) is 1. The molecule has 1 aromatic heterocycles. The summed E-state index contributed by atoms with van der Waals surface area (Å²) in [7, 11) is 3.48. The van der Waals surface area contributed by atoms with Crippen LogP contribution in [0.4, 0.5) is 5.82 Å². The molecule has 0 saturated heterocycles. The molecule has 1 heterocycles. The maximum Gasteiger partial charge on any atom is 0.134 e. The average Bonchev–Trinajstić information content (AvgIpc) is 2.46. The average molecular weight is 323 g/mol. The molecule has 0 aliphatic rings. The molecule has 0 aliphatic heterocycles. The van der Waals surface area contributed by atoms with Crippen molar-refractivity contribution in [3.05, 3.63) is 46.6 Å². The minimum Gasteiger partial charge on any atom is -0.497 e. The summed E-state index contributed by atoms with van der Waals surface area (Å²) >= 11 is 3.45. The molecule has 0 bridgehead atoms. The maximum absolute atomic E-state index is 5.73. The first kappa shape index (κ1) is 13.7. The Balaban J connectivity index is 2.01. The number of ether oxygens (including phenoxy) is 2. The van der Waals surface area contributed by atoms with E-state index in [1.54, 1.807) is 13.3 Å². The van der Waals surface area contributed by atoms with Gasteiger partial charge in [-0.05, 0) is 40.2 Å². The quantitative estimate of drug-likeness (QED) is 0.915. The van der Waals surface area contributed by atoms with E-state index in [9.17, 15) is 0 Å². The van der Waals surface area contributed by atoms with Crippen molar-refractivity contribution < 1.29 is 9.47 Å². The number of aromatic nitrogens is 1. The molecule has 0 radical (unpaired) electrons. The number of rotatable bonds is 5. The summed E-state index contributed by atoms with van der Waals surface area (Å²) < 4.78 is 11.7. The Morgan fingerprint density at radius 1 is 1.26 bits per heavy atom. The van der Waals surface area contributed by atoms with Crippen molar-refractivity contribution in [2.45, 2.75) is 6.61 Å². The van der Waals surface area contributed by atoms with Crippen LogP contribution in [0.15, 0.2) is 41.0 Å². The van der Waals surface area contributed by atoms with E-state index in [4.69, 9.17) is 9.47 Å². The van der Waals surface area contributed by atoms with E-state index in [1.807, 2.05) is 37.4 Å². The maximum atomic E-state index is 5.73. The van der Waals surface area contributed by atoms with Gasteiger partial charge >= 0.3 is 0 Å². The van der Waals surface area contributed by atoms with E-state index in [0.717, 1.165) is 27.4 Å². The minimum absolute atomic E-state index is 0.474. The lowest BCUT2D eigenvalue weighted by Gasteiger charge is -2.09. The van der Waals surface area contributed by atoms with Gasteiger partial charge in [-0.3, -0.25) is 0 Å². The lowest BCUT2D eigenvalue weighted by atomic mass is 10.3. The first-order valence-electron chi connectivity index (χ1n) is 5.82. The molecule has 0 amide bonds. The van der Waals surface area contributed by atoms with Gasteiger partial charge in [0.2, 0.25) is 0 Å². The van der Waals surface area contributed by atoms with Crippen molar-refractivity contribution in [3.8, 4) is 11.5 Å². The van der Waals surface area contributed by atoms with E-state index >= 15 is 0 Å². The smallest absolute Gasteiger partial charge is 0.134 e. The fourth-order valence-electron chi connectivity index (χ4n) is 1.54. The minimum atomic E-state index is 0.474. The van der Waals surface area contributed by atoms with E-state index < -0.39 is 0 Å². The van der Waals surface area contributed by atoms with Crippen molar-refractivity contribution in [2.75, 3.05) is 19.5 Å². The van der Waals surface area contributed by atoms with Crippen molar-refractivity contribution in [1.29, 1.82) is 0 Å². The number of halogens is 1. The molecule has 100 valence electrons. The highest BCUT2D eigenvalue weighted by Crippen LogP contribution is 2.29. The summed E-state index contributed by atoms with van der Waals surface area (Å²) in [6.45, 7) is 0.474. The van der Waals surface area contributed by atoms with Crippen LogP contribution in [-0.4, -0.2) is 19.1 Å². The lowest BCUT2D eigenvalue weighted by molar-refractivity contribution is 0.303. The SMILES string of the molecule is CNc1ccc(COc2ccc(OC)cc2Br)cn1. The standard InChI is InChI=1S/C14H15BrN2O2/c1-16-14-6-3-10(8-17-14)9-19-13-5-4-11(18-2)7-12(13)15/h3-8H,9H2,1-2H3,(H,16,17). The zero-order valence-electron chi connectivity index (χ0n) is 10.8. The molecule has 2 aromatic rings. The molecular weight excluding hydrogens is 308 g/mol. The molecule has 0 spiro atoms. The Hall–Kier alpha value is -1.75. The Bertz CT molecular complexity index is 544. The third-order valence-corrected chi connectivity index (χ3v) is 3.23. The molecule has 0 atom stereocenters. The monoisotopic (exact) mass is 322 g/mol. The molecule has 4 nitrogen and oxygen atoms in total. The van der Waals surface area contributed by atoms with Gasteiger partial charge in [-0.2, -0.15) is 0 Å². The summed E-state index contributed by atoms with van der Waals surface area (Å²) in [5, 5.41) is 2.98. The van der Waals surface area contributed by atoms with Gasteiger partial charge in [0.1, 0.15) is 23.9 Å². The van der Waals surface area contributed by atoms with Gasteiger partial charge in [0, 0.05) is 18.8 Å². The number of methoxy groups -OCH3 is 1. The molecule has 0 fully saturated rings. The number of hydrogen-bond donors (Lipinski definition) is 1. The first-order valence-corrected chi connectivity index (χ1v) is 6.61. The number of benzene rings is 1. The Labute approximate surface area is 120 Å². The second-order valence-electron chi connectivity index (χ2n) is 3.89. The van der Waals surface area contributed by atoms with E-state index in [-0.39, 0.29) is 0 Å². The molecule has 5 heteroatoms. The highest BCUT2D eigenvalue weighted by Gasteiger charge is 2.03. The Kier molecular flexibility index (Phi) is 4.63. The van der Waals surface area contributed by atoms with Gasteiger partial charge < -0.3 is 14.8 Å². The molecule has 0 aliphatic carbocycles. The highest BCUT2D eigenvalue weighted by atomic mass is 79.9. The van der Waals surface area contributed by atoms with Crippen LogP contribution in [0.5, 0.6) is 11.5 Å². The van der Waals surface area contributed by atoms with Crippen LogP contribution < -0.4 is 14.8 Å². The number of pyridine rings is 1. The number of hydrogen-bond acceptors (Lipinski definition) is 4. The van der Waals surface area contributed by atoms with Gasteiger partial charge in [0.25, 0.3) is 0 Å². The fourth-order valence-corrected chi connectivity index (χ4v) is 2.02. The fraction of sp³-hybridized carbons (Fsp3) is 0.214. The van der Waals surface area contributed by atoms with Crippen molar-refractivity contribution in [2.24, 2.45) is 0 Å². The van der Waals surface area contributed by atoms with Crippen molar-refractivity contribution in [1.82, 2.24) is 4.98 Å². The zero-order chi connectivity index (χ0) is 13.7. The van der Waals surface area contributed by atoms with Gasteiger partial charge in [0.15, 0.2) is 0 Å². The summed E-state index contributed by atoms with van der Waals surface area (Å²) in [6, 6.07) is 9.51. The van der Waals surface area contributed by atoms with Crippen molar-refractivity contribution >= 4 is 21.7 Å². The summed E-state index contributed by atoms with van der Waals surface area (Å²) in [5.41, 5.74) is 1.02. The predicted octanol–water partition coefficient (Wildman–Crippen LogP) is 3.47. The van der Waals surface area contributed by atoms with Crippen LogP contribution >= 0.6 is 15.9 Å². The summed E-state index contributed by atoms with van der Waals surface area (Å²) in [4.78, 5) is 4.24. The largest absolute Gasteiger partial charge is 0.497 e. The molecule has 0 unspecified atom stereocenters. The van der Waals surface area contributed by atoms with E-state index in [2.05, 4.69) is 26.2 Å². The highest BCUT2D eigenvalue weighted by molar-refractivity contribution is 9.10. The van der Waals surface area contributed by atoms with Crippen LogP contribution in [0.25, 0.3) is 0 Å². The second-order valence-corrected chi connectivity index (χ2v) is 4.74. The van der Waals surface area contributed by atoms with Crippen molar-refractivity contribution in [3.63, 3.8) is 0 Å². The van der Waals surface area contributed by atoms with Crippen LogP contribution in [0.2, 0.25) is 0 Å². The zero-order valence-corrected chi connectivity index (χ0v) is 12.4. The third kappa shape index (κ3) is 3.61. The first-order chi connectivity index (χ1) is 9.22. The Morgan fingerprint density at radius 2 is 2.11 bits per heavy atom. The van der Waals surface area contributed by atoms with E-state index in [0.29, 0.717) is 6.61 Å². The van der Waals surface area contributed by atoms with Crippen LogP contribution in [0.3, 0.4) is 0 Å². The van der Waals surface area contributed by atoms with Gasteiger partial charge in [-0.25, -0.2) is 4.98 Å². The third-order valence-electron chi connectivity index (χ3n) is 2.61.